The number of thioether (sulfide) groups is 1. The highest BCUT2D eigenvalue weighted by molar-refractivity contribution is 7.99. The van der Waals surface area contributed by atoms with Gasteiger partial charge in [0.2, 0.25) is 0 Å². The number of ether oxygens (including phenoxy) is 3. The van der Waals surface area contributed by atoms with Gasteiger partial charge in [0, 0.05) is 28.6 Å². The van der Waals surface area contributed by atoms with Gasteiger partial charge in [-0.15, -0.1) is 0 Å². The number of nitrogens with one attached hydrogen (secondary N) is 1. The summed E-state index contributed by atoms with van der Waals surface area (Å²) < 4.78 is 15.8. The fourth-order valence-electron chi connectivity index (χ4n) is 4.50. The van der Waals surface area contributed by atoms with Crippen molar-refractivity contribution in [2.45, 2.75) is 33.1 Å². The maximum Gasteiger partial charge on any atom is 0.336 e. The molecular formula is C25H31NO6S. The lowest BCUT2D eigenvalue weighted by molar-refractivity contribution is -0.151. The fourth-order valence-corrected chi connectivity index (χ4v) is 4.99. The molecule has 7 nitrogen and oxygen atoms in total. The summed E-state index contributed by atoms with van der Waals surface area (Å²) in [5, 5.41) is 3.27. The molecule has 0 saturated heterocycles. The van der Waals surface area contributed by atoms with Crippen molar-refractivity contribution < 1.29 is 28.6 Å². The zero-order valence-electron chi connectivity index (χ0n) is 19.7. The van der Waals surface area contributed by atoms with Gasteiger partial charge in [-0.05, 0) is 42.7 Å². The van der Waals surface area contributed by atoms with Crippen molar-refractivity contribution in [2.75, 3.05) is 32.3 Å². The van der Waals surface area contributed by atoms with Gasteiger partial charge in [-0.3, -0.25) is 9.59 Å². The van der Waals surface area contributed by atoms with Crippen LogP contribution in [0.4, 0.5) is 0 Å². The average molecular weight is 474 g/mol. The van der Waals surface area contributed by atoms with Gasteiger partial charge in [0.25, 0.3) is 0 Å². The molecule has 0 fully saturated rings. The van der Waals surface area contributed by atoms with Gasteiger partial charge in [-0.25, -0.2) is 4.79 Å². The molecule has 33 heavy (non-hydrogen) atoms. The van der Waals surface area contributed by atoms with Crippen LogP contribution in [0.1, 0.15) is 38.7 Å². The first kappa shape index (κ1) is 24.9. The molecule has 8 heteroatoms. The van der Waals surface area contributed by atoms with Crippen LogP contribution in [0.25, 0.3) is 0 Å². The number of hydrogen-bond acceptors (Lipinski definition) is 8. The second kappa shape index (κ2) is 10.9. The van der Waals surface area contributed by atoms with Crippen LogP contribution in [-0.2, 0) is 23.9 Å². The van der Waals surface area contributed by atoms with Crippen LogP contribution in [0.15, 0.2) is 46.8 Å². The third-order valence-electron chi connectivity index (χ3n) is 6.08. The number of dihydropyridines is 1. The highest BCUT2D eigenvalue weighted by atomic mass is 32.2. The van der Waals surface area contributed by atoms with E-state index in [1.54, 1.807) is 31.0 Å². The molecule has 0 aromatic heterocycles. The molecule has 1 aliphatic heterocycles. The minimum atomic E-state index is -0.909. The van der Waals surface area contributed by atoms with Crippen molar-refractivity contribution in [2.24, 2.45) is 11.8 Å². The Morgan fingerprint density at radius 3 is 2.48 bits per heavy atom. The lowest BCUT2D eigenvalue weighted by atomic mass is 9.69. The van der Waals surface area contributed by atoms with Crippen LogP contribution < -0.4 is 10.1 Å². The smallest absolute Gasteiger partial charge is 0.336 e. The first-order chi connectivity index (χ1) is 15.8. The van der Waals surface area contributed by atoms with Crippen molar-refractivity contribution >= 4 is 29.5 Å². The number of esters is 2. The highest BCUT2D eigenvalue weighted by Gasteiger charge is 2.47. The highest BCUT2D eigenvalue weighted by Crippen LogP contribution is 2.45. The molecule has 1 N–H and O–H groups in total. The summed E-state index contributed by atoms with van der Waals surface area (Å²) >= 11 is 1.69. The van der Waals surface area contributed by atoms with Crippen LogP contribution in [0, 0.1) is 11.8 Å². The molecule has 0 unspecified atom stereocenters. The van der Waals surface area contributed by atoms with Crippen molar-refractivity contribution in [3.05, 3.63) is 52.4 Å². The average Bonchev–Trinajstić information content (AvgIpc) is 2.80. The maximum atomic E-state index is 13.6. The van der Waals surface area contributed by atoms with Gasteiger partial charge in [0.05, 0.1) is 19.8 Å². The van der Waals surface area contributed by atoms with Crippen LogP contribution in [0.2, 0.25) is 0 Å². The van der Waals surface area contributed by atoms with E-state index in [-0.39, 0.29) is 18.3 Å². The molecule has 0 saturated carbocycles. The molecule has 1 aromatic carbocycles. The molecular weight excluding hydrogens is 442 g/mol. The summed E-state index contributed by atoms with van der Waals surface area (Å²) in [6.07, 6.45) is 0.500. The predicted octanol–water partition coefficient (Wildman–Crippen LogP) is 3.60. The summed E-state index contributed by atoms with van der Waals surface area (Å²) in [4.78, 5) is 39.3. The zero-order valence-corrected chi connectivity index (χ0v) is 20.5. The topological polar surface area (TPSA) is 90.9 Å². The van der Waals surface area contributed by atoms with E-state index in [4.69, 9.17) is 14.2 Å². The second-order valence-corrected chi connectivity index (χ2v) is 9.54. The van der Waals surface area contributed by atoms with Crippen molar-refractivity contribution in [3.8, 4) is 5.75 Å². The molecule has 0 amide bonds. The Morgan fingerprint density at radius 2 is 1.88 bits per heavy atom. The van der Waals surface area contributed by atoms with Crippen molar-refractivity contribution in [1.29, 1.82) is 0 Å². The van der Waals surface area contributed by atoms with Gasteiger partial charge in [0.15, 0.2) is 5.78 Å². The third kappa shape index (κ3) is 5.11. The Balaban J connectivity index is 2.06. The Hall–Kier alpha value is -2.74. The number of rotatable bonds is 8. The van der Waals surface area contributed by atoms with Crippen LogP contribution in [-0.4, -0.2) is 50.1 Å². The normalized spacial score (nSPS) is 22.5. The summed E-state index contributed by atoms with van der Waals surface area (Å²) in [5.74, 6) is -0.817. The number of carbonyl (C=O) groups is 3. The summed E-state index contributed by atoms with van der Waals surface area (Å²) in [6, 6.07) is 7.26. The number of ketones is 1. The molecule has 1 heterocycles. The Labute approximate surface area is 198 Å². The van der Waals surface area contributed by atoms with Crippen molar-refractivity contribution in [3.63, 3.8) is 0 Å². The Bertz CT molecular complexity index is 981. The number of allylic oxidation sites excluding steroid dienone is 3. The molecule has 0 spiro atoms. The van der Waals surface area contributed by atoms with Crippen LogP contribution >= 0.6 is 11.8 Å². The largest absolute Gasteiger partial charge is 0.497 e. The monoisotopic (exact) mass is 473 g/mol. The molecule has 3 rings (SSSR count). The van der Waals surface area contributed by atoms with Crippen LogP contribution in [0.3, 0.4) is 0 Å². The Kier molecular flexibility index (Phi) is 8.24. The molecule has 1 aromatic rings. The molecule has 2 aliphatic rings. The van der Waals surface area contributed by atoms with E-state index < -0.39 is 23.8 Å². The van der Waals surface area contributed by atoms with Gasteiger partial charge in [0.1, 0.15) is 18.3 Å². The first-order valence-electron chi connectivity index (χ1n) is 11.1. The minimum Gasteiger partial charge on any atom is -0.497 e. The molecule has 0 radical (unpaired) electrons. The van der Waals surface area contributed by atoms with Crippen LogP contribution in [0.5, 0.6) is 5.75 Å². The quantitative estimate of drug-likeness (QED) is 0.348. The molecule has 0 bridgehead atoms. The van der Waals surface area contributed by atoms with E-state index in [2.05, 4.69) is 5.32 Å². The molecule has 3 atom stereocenters. The van der Waals surface area contributed by atoms with E-state index in [1.807, 2.05) is 32.9 Å². The van der Waals surface area contributed by atoms with E-state index in [1.165, 1.54) is 7.11 Å². The molecule has 178 valence electrons. The number of hydrogen-bond donors (Lipinski definition) is 1. The SMILES string of the molecule is CCSCCOC(=O)C1=C(C)NC2=C(C(=O)[C@H](C(=O)OC)[C@H](C)C2)[C@H]1c1ccc(OC)cc1. The lowest BCUT2D eigenvalue weighted by Gasteiger charge is -2.38. The van der Waals surface area contributed by atoms with Crippen molar-refractivity contribution in [1.82, 2.24) is 5.32 Å². The summed E-state index contributed by atoms with van der Waals surface area (Å²) in [7, 11) is 2.86. The lowest BCUT2D eigenvalue weighted by Crippen LogP contribution is -2.43. The molecule has 1 aliphatic carbocycles. The van der Waals surface area contributed by atoms with Gasteiger partial charge in [-0.1, -0.05) is 26.0 Å². The van der Waals surface area contributed by atoms with E-state index >= 15 is 0 Å². The van der Waals surface area contributed by atoms with Gasteiger partial charge < -0.3 is 19.5 Å². The second-order valence-electron chi connectivity index (χ2n) is 8.14. The van der Waals surface area contributed by atoms with E-state index in [9.17, 15) is 14.4 Å². The van der Waals surface area contributed by atoms with Gasteiger partial charge >= 0.3 is 11.9 Å². The standard InChI is InChI=1S/C25H31NO6S/c1-6-33-12-11-32-25(29)20-15(3)26-18-13-14(2)19(24(28)31-5)23(27)22(18)21(20)16-7-9-17(30-4)10-8-16/h7-10,14,19,21,26H,6,11-13H2,1-5H3/t14-,19-,21+/m1/s1. The number of benzene rings is 1. The van der Waals surface area contributed by atoms with E-state index in [0.29, 0.717) is 34.8 Å². The number of methoxy groups -OCH3 is 2. The van der Waals surface area contributed by atoms with Gasteiger partial charge in [-0.2, -0.15) is 11.8 Å². The fraction of sp³-hybridized carbons (Fsp3) is 0.480. The summed E-state index contributed by atoms with van der Waals surface area (Å²) in [5.41, 5.74) is 2.95. The number of Topliss-reactive ketones (excluding diaryl/α,β-unsaturated/α-hetero) is 1. The summed E-state index contributed by atoms with van der Waals surface area (Å²) in [6.45, 7) is 6.01. The third-order valence-corrected chi connectivity index (χ3v) is 6.94. The predicted molar refractivity (Wildman–Crippen MR) is 127 cm³/mol. The maximum absolute atomic E-state index is 13.6. The Morgan fingerprint density at radius 1 is 1.18 bits per heavy atom. The number of carbonyl (C=O) groups excluding carboxylic acids is 3. The first-order valence-corrected chi connectivity index (χ1v) is 12.2. The zero-order chi connectivity index (χ0) is 24.1. The van der Waals surface area contributed by atoms with E-state index in [0.717, 1.165) is 17.0 Å². The minimum absolute atomic E-state index is 0.222.